The highest BCUT2D eigenvalue weighted by molar-refractivity contribution is 7.90. The predicted molar refractivity (Wildman–Crippen MR) is 94.0 cm³/mol. The van der Waals surface area contributed by atoms with Crippen LogP contribution in [0.4, 0.5) is 0 Å². The molecule has 0 atom stereocenters. The van der Waals surface area contributed by atoms with Crippen LogP contribution in [-0.2, 0) is 22.7 Å². The van der Waals surface area contributed by atoms with E-state index < -0.39 is 9.84 Å². The van der Waals surface area contributed by atoms with Gasteiger partial charge in [-0.25, -0.2) is 28.4 Å². The molecule has 0 radical (unpaired) electrons. The molecular weight excluding hydrogens is 360 g/mol. The smallest absolute Gasteiger partial charge is 0.236 e. The summed E-state index contributed by atoms with van der Waals surface area (Å²) in [5.41, 5.74) is 4.06. The molecule has 0 bridgehead atoms. The average molecular weight is 373 g/mol. The van der Waals surface area contributed by atoms with Crippen LogP contribution in [0.2, 0.25) is 5.02 Å². The van der Waals surface area contributed by atoms with Crippen molar-refractivity contribution >= 4 is 21.4 Å². The summed E-state index contributed by atoms with van der Waals surface area (Å²) in [6.07, 6.45) is 5.79. The topological polar surface area (TPSA) is 85.7 Å². The summed E-state index contributed by atoms with van der Waals surface area (Å²) >= 11 is 5.93. The van der Waals surface area contributed by atoms with Crippen LogP contribution in [0.15, 0.2) is 41.8 Å². The zero-order valence-electron chi connectivity index (χ0n) is 13.3. The molecule has 2 aromatic heterocycles. The molecule has 25 heavy (non-hydrogen) atoms. The predicted octanol–water partition coefficient (Wildman–Crippen LogP) is 2.76. The molecule has 0 saturated heterocycles. The van der Waals surface area contributed by atoms with Gasteiger partial charge in [0.15, 0.2) is 5.82 Å². The second-order valence-corrected chi connectivity index (χ2v) is 8.21. The molecule has 0 unspecified atom stereocenters. The van der Waals surface area contributed by atoms with Crippen LogP contribution in [0.1, 0.15) is 11.3 Å². The number of hydrogen-bond acceptors (Lipinski definition) is 6. The Labute approximate surface area is 149 Å². The minimum Gasteiger partial charge on any atom is -0.236 e. The standard InChI is InChI=1S/C17H13ClN4O2S/c1-25(23,24)17-20-9-13-14(21-17)7-4-11-8-19-16(22-15(11)13)10-2-5-12(18)6-3-10/h2-3,5-6,8-9H,4,7H2,1H3. The number of benzene rings is 1. The monoisotopic (exact) mass is 372 g/mol. The number of aryl methyl sites for hydroxylation is 2. The highest BCUT2D eigenvalue weighted by atomic mass is 35.5. The SMILES string of the molecule is CS(=O)(=O)c1ncc2c(n1)CCc1cnc(-c3ccc(Cl)cc3)nc1-2. The first-order valence-corrected chi connectivity index (χ1v) is 9.87. The van der Waals surface area contributed by atoms with Crippen LogP contribution in [0.3, 0.4) is 0 Å². The van der Waals surface area contributed by atoms with Crippen LogP contribution in [0.25, 0.3) is 22.6 Å². The lowest BCUT2D eigenvalue weighted by Gasteiger charge is -2.18. The average Bonchev–Trinajstić information content (AvgIpc) is 2.60. The van der Waals surface area contributed by atoms with E-state index in [0.29, 0.717) is 29.4 Å². The van der Waals surface area contributed by atoms with Crippen molar-refractivity contribution in [3.8, 4) is 22.6 Å². The molecule has 4 rings (SSSR count). The van der Waals surface area contributed by atoms with Crippen LogP contribution < -0.4 is 0 Å². The molecular formula is C17H13ClN4O2S. The van der Waals surface area contributed by atoms with Gasteiger partial charge < -0.3 is 0 Å². The van der Waals surface area contributed by atoms with Gasteiger partial charge in [-0.15, -0.1) is 0 Å². The lowest BCUT2D eigenvalue weighted by atomic mass is 9.94. The van der Waals surface area contributed by atoms with Gasteiger partial charge in [0.25, 0.3) is 0 Å². The molecule has 0 amide bonds. The van der Waals surface area contributed by atoms with Crippen molar-refractivity contribution in [3.05, 3.63) is 52.9 Å². The van der Waals surface area contributed by atoms with Crippen LogP contribution >= 0.6 is 11.6 Å². The molecule has 1 aromatic carbocycles. The zero-order chi connectivity index (χ0) is 17.6. The summed E-state index contributed by atoms with van der Waals surface area (Å²) in [6.45, 7) is 0. The van der Waals surface area contributed by atoms with Gasteiger partial charge in [0.05, 0.1) is 11.4 Å². The maximum Gasteiger partial charge on any atom is 0.247 e. The Morgan fingerprint density at radius 1 is 1.00 bits per heavy atom. The van der Waals surface area contributed by atoms with Crippen molar-refractivity contribution in [2.75, 3.05) is 6.26 Å². The number of nitrogens with zero attached hydrogens (tertiary/aromatic N) is 4. The van der Waals surface area contributed by atoms with Gasteiger partial charge in [-0.2, -0.15) is 0 Å². The van der Waals surface area contributed by atoms with Gasteiger partial charge in [0.1, 0.15) is 0 Å². The molecule has 0 aliphatic heterocycles. The second kappa shape index (κ2) is 5.86. The van der Waals surface area contributed by atoms with Crippen LogP contribution in [0, 0.1) is 0 Å². The summed E-state index contributed by atoms with van der Waals surface area (Å²) in [6, 6.07) is 7.29. The van der Waals surface area contributed by atoms with Gasteiger partial charge in [0.2, 0.25) is 15.0 Å². The molecule has 6 nitrogen and oxygen atoms in total. The van der Waals surface area contributed by atoms with Crippen LogP contribution in [-0.4, -0.2) is 34.6 Å². The number of rotatable bonds is 2. The van der Waals surface area contributed by atoms with Crippen molar-refractivity contribution in [2.45, 2.75) is 18.0 Å². The van der Waals surface area contributed by atoms with Gasteiger partial charge in [0, 0.05) is 34.8 Å². The maximum absolute atomic E-state index is 11.7. The lowest BCUT2D eigenvalue weighted by Crippen LogP contribution is -2.13. The normalized spacial score (nSPS) is 13.2. The van der Waals surface area contributed by atoms with E-state index in [9.17, 15) is 8.42 Å². The van der Waals surface area contributed by atoms with Crippen molar-refractivity contribution in [3.63, 3.8) is 0 Å². The van der Waals surface area contributed by atoms with E-state index in [2.05, 4.69) is 19.9 Å². The van der Waals surface area contributed by atoms with Crippen molar-refractivity contribution in [2.24, 2.45) is 0 Å². The highest BCUT2D eigenvalue weighted by Crippen LogP contribution is 2.32. The summed E-state index contributed by atoms with van der Waals surface area (Å²) < 4.78 is 23.3. The molecule has 126 valence electrons. The summed E-state index contributed by atoms with van der Waals surface area (Å²) in [5.74, 6) is 0.579. The Morgan fingerprint density at radius 3 is 2.48 bits per heavy atom. The van der Waals surface area contributed by atoms with Gasteiger partial charge >= 0.3 is 0 Å². The molecule has 1 aliphatic rings. The van der Waals surface area contributed by atoms with E-state index in [4.69, 9.17) is 11.6 Å². The first-order chi connectivity index (χ1) is 11.9. The first kappa shape index (κ1) is 16.1. The highest BCUT2D eigenvalue weighted by Gasteiger charge is 2.23. The number of fused-ring (bicyclic) bond motifs is 3. The fourth-order valence-corrected chi connectivity index (χ4v) is 3.43. The van der Waals surface area contributed by atoms with Gasteiger partial charge in [-0.3, -0.25) is 0 Å². The van der Waals surface area contributed by atoms with E-state index >= 15 is 0 Å². The van der Waals surface area contributed by atoms with E-state index in [-0.39, 0.29) is 5.16 Å². The van der Waals surface area contributed by atoms with Crippen molar-refractivity contribution in [1.29, 1.82) is 0 Å². The summed E-state index contributed by atoms with van der Waals surface area (Å²) in [5, 5.41) is 0.496. The third-order valence-corrected chi connectivity index (χ3v) is 5.14. The van der Waals surface area contributed by atoms with E-state index in [1.54, 1.807) is 18.3 Å². The minimum atomic E-state index is -3.44. The number of sulfone groups is 1. The van der Waals surface area contributed by atoms with Crippen molar-refractivity contribution in [1.82, 2.24) is 19.9 Å². The number of aromatic nitrogens is 4. The van der Waals surface area contributed by atoms with Crippen molar-refractivity contribution < 1.29 is 8.42 Å². The Morgan fingerprint density at radius 2 is 1.76 bits per heavy atom. The fourth-order valence-electron chi connectivity index (χ4n) is 2.78. The molecule has 0 saturated carbocycles. The Kier molecular flexibility index (Phi) is 3.77. The first-order valence-electron chi connectivity index (χ1n) is 7.60. The molecule has 3 aromatic rings. The molecule has 2 heterocycles. The maximum atomic E-state index is 11.7. The summed E-state index contributed by atoms with van der Waals surface area (Å²) in [4.78, 5) is 17.3. The second-order valence-electron chi connectivity index (χ2n) is 5.86. The van der Waals surface area contributed by atoms with E-state index in [1.165, 1.54) is 6.20 Å². The van der Waals surface area contributed by atoms with Gasteiger partial charge in [-0.05, 0) is 42.7 Å². The Bertz CT molecular complexity index is 1080. The quantitative estimate of drug-likeness (QED) is 0.643. The molecule has 8 heteroatoms. The third kappa shape index (κ3) is 3.01. The minimum absolute atomic E-state index is 0.151. The Hall–Kier alpha value is -2.38. The molecule has 1 aliphatic carbocycles. The summed E-state index contributed by atoms with van der Waals surface area (Å²) in [7, 11) is -3.44. The lowest BCUT2D eigenvalue weighted by molar-refractivity contribution is 0.591. The Balaban J connectivity index is 1.83. The molecule has 0 N–H and O–H groups in total. The van der Waals surface area contributed by atoms with E-state index in [1.807, 2.05) is 12.1 Å². The fraction of sp³-hybridized carbons (Fsp3) is 0.176. The van der Waals surface area contributed by atoms with Crippen LogP contribution in [0.5, 0.6) is 0 Å². The third-order valence-electron chi connectivity index (χ3n) is 4.03. The number of hydrogen-bond donors (Lipinski definition) is 0. The molecule has 0 fully saturated rings. The van der Waals surface area contributed by atoms with E-state index in [0.717, 1.165) is 28.6 Å². The zero-order valence-corrected chi connectivity index (χ0v) is 14.8. The van der Waals surface area contributed by atoms with Gasteiger partial charge in [-0.1, -0.05) is 11.6 Å². The number of halogens is 1. The molecule has 0 spiro atoms. The largest absolute Gasteiger partial charge is 0.247 e.